The highest BCUT2D eigenvalue weighted by Crippen LogP contribution is 2.39. The van der Waals surface area contributed by atoms with E-state index in [1.165, 1.54) is 12.1 Å². The third kappa shape index (κ3) is 4.05. The van der Waals surface area contributed by atoms with Crippen LogP contribution < -0.4 is 4.90 Å². The van der Waals surface area contributed by atoms with Gasteiger partial charge >= 0.3 is 0 Å². The number of hydrogen-bond acceptors (Lipinski definition) is 4. The summed E-state index contributed by atoms with van der Waals surface area (Å²) in [6, 6.07) is 3.00. The second-order valence-corrected chi connectivity index (χ2v) is 9.07. The molecule has 31 heavy (non-hydrogen) atoms. The molecule has 0 bridgehead atoms. The minimum absolute atomic E-state index is 0.0263. The van der Waals surface area contributed by atoms with Crippen molar-refractivity contribution in [2.75, 3.05) is 24.7 Å². The molecule has 1 saturated heterocycles. The zero-order chi connectivity index (χ0) is 22.1. The molecule has 1 aromatic carbocycles. The number of thiocarbonyl (C=S) groups is 1. The van der Waals surface area contributed by atoms with Crippen LogP contribution in [0.15, 0.2) is 23.3 Å². The highest BCUT2D eigenvalue weighted by atomic mass is 35.5. The summed E-state index contributed by atoms with van der Waals surface area (Å²) in [7, 11) is 0. The van der Waals surface area contributed by atoms with Gasteiger partial charge in [-0.25, -0.2) is 4.90 Å². The largest absolute Gasteiger partial charge is 0.339 e. The number of carbonyl (C=O) groups is 3. The Kier molecular flexibility index (Phi) is 6.53. The molecule has 5 nitrogen and oxygen atoms in total. The van der Waals surface area contributed by atoms with Gasteiger partial charge in [-0.15, -0.1) is 0 Å². The fourth-order valence-electron chi connectivity index (χ4n) is 4.58. The van der Waals surface area contributed by atoms with E-state index in [1.807, 2.05) is 0 Å². The van der Waals surface area contributed by atoms with Crippen molar-refractivity contribution in [1.82, 2.24) is 4.90 Å². The van der Waals surface area contributed by atoms with Crippen LogP contribution in [0.1, 0.15) is 67.3 Å². The van der Waals surface area contributed by atoms with Gasteiger partial charge in [0.2, 0.25) is 0 Å². The Labute approximate surface area is 191 Å². The third-order valence-electron chi connectivity index (χ3n) is 6.21. The smallest absolute Gasteiger partial charge is 0.261 e. The summed E-state index contributed by atoms with van der Waals surface area (Å²) >= 11 is 11.8. The average Bonchev–Trinajstić information content (AvgIpc) is 3.04. The van der Waals surface area contributed by atoms with E-state index in [9.17, 15) is 18.8 Å². The predicted octanol–water partition coefficient (Wildman–Crippen LogP) is 4.79. The molecule has 2 aliphatic heterocycles. The first-order chi connectivity index (χ1) is 14.9. The average molecular weight is 463 g/mol. The normalized spacial score (nSPS) is 19.2. The van der Waals surface area contributed by atoms with Gasteiger partial charge in [0.1, 0.15) is 0 Å². The van der Waals surface area contributed by atoms with Crippen molar-refractivity contribution in [2.24, 2.45) is 0 Å². The van der Waals surface area contributed by atoms with Gasteiger partial charge in [-0.05, 0) is 57.1 Å². The minimum atomic E-state index is -0.666. The number of anilines is 1. The van der Waals surface area contributed by atoms with E-state index in [0.717, 1.165) is 37.0 Å². The van der Waals surface area contributed by atoms with Crippen LogP contribution in [0.2, 0.25) is 5.02 Å². The van der Waals surface area contributed by atoms with Crippen LogP contribution in [0, 0.1) is 0 Å². The second-order valence-electron chi connectivity index (χ2n) is 8.17. The van der Waals surface area contributed by atoms with Crippen molar-refractivity contribution in [2.45, 2.75) is 51.4 Å². The van der Waals surface area contributed by atoms with Gasteiger partial charge in [0, 0.05) is 41.1 Å². The van der Waals surface area contributed by atoms with Gasteiger partial charge in [0.05, 0.1) is 22.9 Å². The summed E-state index contributed by atoms with van der Waals surface area (Å²) in [5.74, 6) is -0.976. The van der Waals surface area contributed by atoms with E-state index < -0.39 is 6.67 Å². The lowest BCUT2D eigenvalue weighted by Crippen LogP contribution is -2.36. The second kappa shape index (κ2) is 9.17. The van der Waals surface area contributed by atoms with Crippen molar-refractivity contribution in [3.63, 3.8) is 0 Å². The molecule has 1 aliphatic carbocycles. The van der Waals surface area contributed by atoms with E-state index in [0.29, 0.717) is 42.6 Å². The highest BCUT2D eigenvalue weighted by molar-refractivity contribution is 7.80. The Hall–Kier alpha value is -2.12. The number of likely N-dealkylation sites (tertiary alicyclic amines) is 1. The van der Waals surface area contributed by atoms with Gasteiger partial charge in [-0.2, -0.15) is 0 Å². The Morgan fingerprint density at radius 1 is 0.968 bits per heavy atom. The van der Waals surface area contributed by atoms with Crippen molar-refractivity contribution in [3.8, 4) is 0 Å². The number of carbonyl (C=O) groups excluding carboxylic acids is 3. The Bertz CT molecular complexity index is 973. The van der Waals surface area contributed by atoms with Crippen LogP contribution in [0.3, 0.4) is 0 Å². The van der Waals surface area contributed by atoms with E-state index >= 15 is 0 Å². The molecule has 0 spiro atoms. The maximum Gasteiger partial charge on any atom is 0.261 e. The van der Waals surface area contributed by atoms with Crippen molar-refractivity contribution in [1.29, 1.82) is 0 Å². The van der Waals surface area contributed by atoms with Crippen LogP contribution in [0.4, 0.5) is 10.1 Å². The van der Waals surface area contributed by atoms with Gasteiger partial charge in [0.15, 0.2) is 0 Å². The summed E-state index contributed by atoms with van der Waals surface area (Å²) in [6.07, 6.45) is 5.75. The fraction of sp³-hybridized carbons (Fsp3) is 0.478. The van der Waals surface area contributed by atoms with Gasteiger partial charge in [0.25, 0.3) is 17.7 Å². The summed E-state index contributed by atoms with van der Waals surface area (Å²) in [6.45, 7) is 0.620. The quantitative estimate of drug-likeness (QED) is 0.358. The topological polar surface area (TPSA) is 57.7 Å². The number of imide groups is 1. The molecule has 0 aromatic heterocycles. The number of hydrogen-bond donors (Lipinski definition) is 0. The number of benzene rings is 1. The molecule has 0 unspecified atom stereocenters. The lowest BCUT2D eigenvalue weighted by Gasteiger charge is -2.28. The number of amides is 3. The maximum absolute atomic E-state index is 13.2. The van der Waals surface area contributed by atoms with Crippen LogP contribution in [-0.2, 0) is 9.59 Å². The first-order valence-electron chi connectivity index (χ1n) is 10.8. The number of alkyl halides is 1. The molecule has 0 saturated carbocycles. The molecule has 3 aliphatic rings. The molecule has 8 heteroatoms. The molecule has 1 fully saturated rings. The molecule has 3 amide bonds. The van der Waals surface area contributed by atoms with Crippen LogP contribution in [0.5, 0.6) is 0 Å². The highest BCUT2D eigenvalue weighted by Gasteiger charge is 2.41. The number of rotatable bonds is 5. The van der Waals surface area contributed by atoms with Crippen molar-refractivity contribution in [3.05, 3.63) is 39.4 Å². The molecule has 0 radical (unpaired) electrons. The Morgan fingerprint density at radius 2 is 1.58 bits per heavy atom. The molecular weight excluding hydrogens is 439 g/mol. The predicted molar refractivity (Wildman–Crippen MR) is 121 cm³/mol. The van der Waals surface area contributed by atoms with Crippen LogP contribution in [0.25, 0.3) is 0 Å². The summed E-state index contributed by atoms with van der Waals surface area (Å²) < 4.78 is 13.0. The summed E-state index contributed by atoms with van der Waals surface area (Å²) in [5, 5.41) is 0.187. The van der Waals surface area contributed by atoms with Crippen LogP contribution in [-0.4, -0.2) is 47.3 Å². The molecular formula is C23H24ClFN2O3S. The molecule has 164 valence electrons. The zero-order valence-corrected chi connectivity index (χ0v) is 18.8. The first kappa shape index (κ1) is 22.1. The lowest BCUT2D eigenvalue weighted by molar-refractivity contribution is -0.120. The molecule has 1 aromatic rings. The maximum atomic E-state index is 13.2. The first-order valence-corrected chi connectivity index (χ1v) is 11.6. The van der Waals surface area contributed by atoms with Crippen molar-refractivity contribution >= 4 is 52.1 Å². The number of nitrogens with zero attached hydrogens (tertiary/aromatic N) is 2. The lowest BCUT2D eigenvalue weighted by atomic mass is 9.93. The fourth-order valence-corrected chi connectivity index (χ4v) is 5.07. The monoisotopic (exact) mass is 462 g/mol. The van der Waals surface area contributed by atoms with Crippen molar-refractivity contribution < 1.29 is 18.8 Å². The standard InChI is InChI=1S/C23H24ClFN2O3S/c24-18-12-17(20(31)8-9-25)19(13-16(18)21(28)26-10-4-1-5-11-26)27-22(29)14-6-2-3-7-15(14)23(27)30/h12-13H,1-11H2. The SMILES string of the molecule is O=C(c1cc(N2C(=O)C3=C(CCCC3)C2=O)c(C(=S)CCF)cc1Cl)N1CCCCC1. The van der Waals surface area contributed by atoms with Gasteiger partial charge in [-0.3, -0.25) is 18.8 Å². The third-order valence-corrected chi connectivity index (χ3v) is 6.95. The van der Waals surface area contributed by atoms with E-state index in [1.54, 1.807) is 4.90 Å². The molecule has 2 heterocycles. The Morgan fingerprint density at radius 3 is 2.16 bits per heavy atom. The summed E-state index contributed by atoms with van der Waals surface area (Å²) in [5.41, 5.74) is 1.90. The number of halogens is 2. The van der Waals surface area contributed by atoms with Gasteiger partial charge in [-0.1, -0.05) is 23.8 Å². The minimum Gasteiger partial charge on any atom is -0.339 e. The summed E-state index contributed by atoms with van der Waals surface area (Å²) in [4.78, 5) is 42.6. The van der Waals surface area contributed by atoms with Crippen LogP contribution >= 0.6 is 23.8 Å². The molecule has 0 atom stereocenters. The number of piperidine rings is 1. The zero-order valence-electron chi connectivity index (χ0n) is 17.2. The Balaban J connectivity index is 1.79. The van der Waals surface area contributed by atoms with E-state index in [4.69, 9.17) is 23.8 Å². The van der Waals surface area contributed by atoms with E-state index in [2.05, 4.69) is 0 Å². The molecule has 4 rings (SSSR count). The van der Waals surface area contributed by atoms with E-state index in [-0.39, 0.29) is 45.3 Å². The molecule has 0 N–H and O–H groups in total. The van der Waals surface area contributed by atoms with Gasteiger partial charge < -0.3 is 4.90 Å².